The molecule has 0 rings (SSSR count). The first-order valence-electron chi connectivity index (χ1n) is 2.30. The number of halogens is 1. The van der Waals surface area contributed by atoms with Crippen molar-refractivity contribution in [2.24, 2.45) is 0 Å². The van der Waals surface area contributed by atoms with E-state index in [0.717, 1.165) is 0 Å². The summed E-state index contributed by atoms with van der Waals surface area (Å²) in [6.07, 6.45) is 2.40. The SMILES string of the molecule is CNC(=O)/C=C\C(=N)Cl. The largest absolute Gasteiger partial charge is 0.356 e. The maximum Gasteiger partial charge on any atom is 0.243 e. The molecule has 0 saturated carbocycles. The van der Waals surface area contributed by atoms with E-state index in [0.29, 0.717) is 0 Å². The van der Waals surface area contributed by atoms with Crippen LogP contribution >= 0.6 is 11.6 Å². The molecule has 0 aromatic carbocycles. The molecule has 0 radical (unpaired) electrons. The first-order valence-corrected chi connectivity index (χ1v) is 2.68. The number of hydrogen-bond acceptors (Lipinski definition) is 2. The van der Waals surface area contributed by atoms with Gasteiger partial charge in [0.25, 0.3) is 0 Å². The predicted molar refractivity (Wildman–Crippen MR) is 36.8 cm³/mol. The summed E-state index contributed by atoms with van der Waals surface area (Å²) >= 11 is 5.10. The Hall–Kier alpha value is -0.830. The number of carbonyl (C=O) groups is 1. The van der Waals surface area contributed by atoms with Crippen LogP contribution in [0.25, 0.3) is 0 Å². The minimum absolute atomic E-state index is 0.154. The molecule has 4 heteroatoms. The molecule has 9 heavy (non-hydrogen) atoms. The Balaban J connectivity index is 3.71. The molecule has 3 nitrogen and oxygen atoms in total. The topological polar surface area (TPSA) is 53.0 Å². The Morgan fingerprint density at radius 2 is 2.22 bits per heavy atom. The first kappa shape index (κ1) is 8.17. The van der Waals surface area contributed by atoms with E-state index in [4.69, 9.17) is 17.0 Å². The highest BCUT2D eigenvalue weighted by Gasteiger charge is 1.86. The van der Waals surface area contributed by atoms with Gasteiger partial charge in [0.15, 0.2) is 0 Å². The molecule has 0 unspecified atom stereocenters. The zero-order valence-corrected chi connectivity index (χ0v) is 5.70. The standard InChI is InChI=1S/C5H7ClN2O/c1-8-5(9)3-2-4(6)7/h2-3,7H,1H3,(H,8,9)/b3-2-,7-4?. The molecule has 0 spiro atoms. The number of amides is 1. The van der Waals surface area contributed by atoms with Crippen molar-refractivity contribution in [1.82, 2.24) is 5.32 Å². The van der Waals surface area contributed by atoms with E-state index in [1.807, 2.05) is 0 Å². The molecule has 2 N–H and O–H groups in total. The van der Waals surface area contributed by atoms with Crippen LogP contribution in [0.15, 0.2) is 12.2 Å². The Morgan fingerprint density at radius 3 is 2.56 bits per heavy atom. The fourth-order valence-electron chi connectivity index (χ4n) is 0.232. The van der Waals surface area contributed by atoms with E-state index in [9.17, 15) is 4.79 Å². The number of likely N-dealkylation sites (N-methyl/N-ethyl adjacent to an activating group) is 1. The fourth-order valence-corrected chi connectivity index (χ4v) is 0.295. The third kappa shape index (κ3) is 5.03. The van der Waals surface area contributed by atoms with Crippen LogP contribution in [-0.4, -0.2) is 18.1 Å². The lowest BCUT2D eigenvalue weighted by molar-refractivity contribution is -0.116. The molecule has 0 fully saturated rings. The Kier molecular flexibility index (Phi) is 3.71. The Morgan fingerprint density at radius 1 is 1.67 bits per heavy atom. The van der Waals surface area contributed by atoms with Gasteiger partial charge in [-0.1, -0.05) is 11.6 Å². The van der Waals surface area contributed by atoms with Gasteiger partial charge in [-0.05, 0) is 6.08 Å². The summed E-state index contributed by atoms with van der Waals surface area (Å²) < 4.78 is 0. The second-order valence-electron chi connectivity index (χ2n) is 1.30. The molecule has 50 valence electrons. The second kappa shape index (κ2) is 4.09. The molecular formula is C5H7ClN2O. The lowest BCUT2D eigenvalue weighted by Crippen LogP contribution is -2.14. The molecule has 0 bridgehead atoms. The molecule has 0 atom stereocenters. The minimum Gasteiger partial charge on any atom is -0.356 e. The molecule has 0 aromatic heterocycles. The van der Waals surface area contributed by atoms with Gasteiger partial charge in [0.1, 0.15) is 5.17 Å². The van der Waals surface area contributed by atoms with Gasteiger partial charge in [-0.2, -0.15) is 0 Å². The molecule has 1 amide bonds. The maximum atomic E-state index is 10.4. The summed E-state index contributed by atoms with van der Waals surface area (Å²) in [6.45, 7) is 0. The van der Waals surface area contributed by atoms with Crippen LogP contribution in [0, 0.1) is 5.41 Å². The lowest BCUT2D eigenvalue weighted by atomic mass is 10.5. The quantitative estimate of drug-likeness (QED) is 0.433. The average molecular weight is 147 g/mol. The number of hydrogen-bond donors (Lipinski definition) is 2. The van der Waals surface area contributed by atoms with Crippen molar-refractivity contribution in [2.75, 3.05) is 7.05 Å². The monoisotopic (exact) mass is 146 g/mol. The van der Waals surface area contributed by atoms with Crippen LogP contribution in [0.2, 0.25) is 0 Å². The highest BCUT2D eigenvalue weighted by atomic mass is 35.5. The smallest absolute Gasteiger partial charge is 0.243 e. The molecule has 0 aliphatic heterocycles. The van der Waals surface area contributed by atoms with Crippen LogP contribution in [0.1, 0.15) is 0 Å². The molecular weight excluding hydrogens is 140 g/mol. The normalized spacial score (nSPS) is 9.56. The van der Waals surface area contributed by atoms with Crippen molar-refractivity contribution in [3.05, 3.63) is 12.2 Å². The van der Waals surface area contributed by atoms with Gasteiger partial charge in [-0.25, -0.2) is 0 Å². The highest BCUT2D eigenvalue weighted by molar-refractivity contribution is 6.67. The molecule has 0 aliphatic carbocycles. The zero-order chi connectivity index (χ0) is 7.28. The number of rotatable bonds is 2. The third-order valence-electron chi connectivity index (χ3n) is 0.627. The van der Waals surface area contributed by atoms with E-state index in [-0.39, 0.29) is 11.1 Å². The van der Waals surface area contributed by atoms with Crippen molar-refractivity contribution < 1.29 is 4.79 Å². The average Bonchev–Trinajstić information content (AvgIpc) is 1.83. The summed E-state index contributed by atoms with van der Waals surface area (Å²) in [5.74, 6) is -0.264. The maximum absolute atomic E-state index is 10.4. The van der Waals surface area contributed by atoms with Crippen LogP contribution in [0.5, 0.6) is 0 Å². The summed E-state index contributed by atoms with van der Waals surface area (Å²) in [7, 11) is 1.50. The van der Waals surface area contributed by atoms with Crippen molar-refractivity contribution >= 4 is 22.7 Å². The van der Waals surface area contributed by atoms with Crippen molar-refractivity contribution in [3.8, 4) is 0 Å². The highest BCUT2D eigenvalue weighted by Crippen LogP contribution is 1.81. The minimum atomic E-state index is -0.264. The summed E-state index contributed by atoms with van der Waals surface area (Å²) in [6, 6.07) is 0. The zero-order valence-electron chi connectivity index (χ0n) is 4.94. The molecule has 0 heterocycles. The van der Waals surface area contributed by atoms with Gasteiger partial charge in [-0.3, -0.25) is 10.2 Å². The van der Waals surface area contributed by atoms with E-state index < -0.39 is 0 Å². The summed E-state index contributed by atoms with van der Waals surface area (Å²) in [5, 5.41) is 8.85. The van der Waals surface area contributed by atoms with Crippen LogP contribution < -0.4 is 5.32 Å². The predicted octanol–water partition coefficient (Wildman–Crippen LogP) is 0.505. The van der Waals surface area contributed by atoms with E-state index in [1.54, 1.807) is 0 Å². The summed E-state index contributed by atoms with van der Waals surface area (Å²) in [4.78, 5) is 10.4. The van der Waals surface area contributed by atoms with Crippen LogP contribution in [0.4, 0.5) is 0 Å². The van der Waals surface area contributed by atoms with Crippen molar-refractivity contribution in [2.45, 2.75) is 0 Å². The van der Waals surface area contributed by atoms with Crippen LogP contribution in [0.3, 0.4) is 0 Å². The number of carbonyl (C=O) groups excluding carboxylic acids is 1. The number of allylic oxidation sites excluding steroid dienone is 1. The second-order valence-corrected chi connectivity index (χ2v) is 1.70. The third-order valence-corrected chi connectivity index (χ3v) is 0.753. The fraction of sp³-hybridized carbons (Fsp3) is 0.200. The van der Waals surface area contributed by atoms with E-state index in [1.165, 1.54) is 19.2 Å². The Bertz CT molecular complexity index is 153. The van der Waals surface area contributed by atoms with E-state index >= 15 is 0 Å². The molecule has 0 aliphatic rings. The van der Waals surface area contributed by atoms with Gasteiger partial charge in [0.2, 0.25) is 5.91 Å². The van der Waals surface area contributed by atoms with Crippen molar-refractivity contribution in [1.29, 1.82) is 5.41 Å². The van der Waals surface area contributed by atoms with Crippen LogP contribution in [-0.2, 0) is 4.79 Å². The van der Waals surface area contributed by atoms with Gasteiger partial charge in [0.05, 0.1) is 0 Å². The number of nitrogens with one attached hydrogen (secondary N) is 2. The summed E-state index contributed by atoms with van der Waals surface area (Å²) in [5.41, 5.74) is 0. The molecule has 0 aromatic rings. The Labute approximate surface area is 58.2 Å². The van der Waals surface area contributed by atoms with Crippen molar-refractivity contribution in [3.63, 3.8) is 0 Å². The van der Waals surface area contributed by atoms with Gasteiger partial charge >= 0.3 is 0 Å². The van der Waals surface area contributed by atoms with E-state index in [2.05, 4.69) is 5.32 Å². The molecule has 0 saturated heterocycles. The van der Waals surface area contributed by atoms with Gasteiger partial charge in [-0.15, -0.1) is 0 Å². The van der Waals surface area contributed by atoms with Gasteiger partial charge in [0, 0.05) is 13.1 Å². The van der Waals surface area contributed by atoms with Gasteiger partial charge < -0.3 is 5.32 Å². The first-order chi connectivity index (χ1) is 4.16. The lowest BCUT2D eigenvalue weighted by Gasteiger charge is -1.86.